The van der Waals surface area contributed by atoms with E-state index in [0.29, 0.717) is 37.3 Å². The summed E-state index contributed by atoms with van der Waals surface area (Å²) < 4.78 is 0. The van der Waals surface area contributed by atoms with E-state index in [2.05, 4.69) is 10.2 Å². The van der Waals surface area contributed by atoms with Gasteiger partial charge >= 0.3 is 5.97 Å². The van der Waals surface area contributed by atoms with Gasteiger partial charge in [0.2, 0.25) is 11.8 Å². The van der Waals surface area contributed by atoms with E-state index in [1.54, 1.807) is 18.2 Å². The van der Waals surface area contributed by atoms with Gasteiger partial charge in [0.15, 0.2) is 11.6 Å². The van der Waals surface area contributed by atoms with Crippen molar-refractivity contribution in [3.63, 3.8) is 0 Å². The number of piperazine rings is 1. The van der Waals surface area contributed by atoms with Gasteiger partial charge in [-0.15, -0.1) is 0 Å². The molecule has 29 heavy (non-hydrogen) atoms. The lowest BCUT2D eigenvalue weighted by Crippen LogP contribution is -2.48. The quantitative estimate of drug-likeness (QED) is 0.533. The summed E-state index contributed by atoms with van der Waals surface area (Å²) in [5, 5.41) is 11.1. The van der Waals surface area contributed by atoms with Crippen molar-refractivity contribution in [3.05, 3.63) is 29.3 Å². The maximum atomic E-state index is 13.0. The van der Waals surface area contributed by atoms with Crippen molar-refractivity contribution < 1.29 is 29.1 Å². The first-order valence-corrected chi connectivity index (χ1v) is 9.60. The highest BCUT2D eigenvalue weighted by Gasteiger charge is 2.47. The summed E-state index contributed by atoms with van der Waals surface area (Å²) in [5.41, 5.74) is 1.43. The van der Waals surface area contributed by atoms with Gasteiger partial charge in [-0.3, -0.25) is 34.2 Å². The fourth-order valence-corrected chi connectivity index (χ4v) is 4.35. The number of nitrogens with zero attached hydrogens (tertiary/aromatic N) is 2. The Hall–Kier alpha value is -3.07. The topological polar surface area (TPSA) is 124 Å². The number of carboxylic acids is 1. The molecule has 2 saturated heterocycles. The standard InChI is InChI=1S/C20H21N3O6/c24-15-4-3-13(20(29)21-15)17-18(27)12-2-1-11(9-14(12)19(17)28)23-7-5-22(6-8-23)10-16(25)26/h1-2,9,13,17H,3-8,10H2,(H,25,26)(H,21,24,29). The molecule has 0 radical (unpaired) electrons. The number of fused-ring (bicyclic) bond motifs is 1. The smallest absolute Gasteiger partial charge is 0.317 e. The predicted molar refractivity (Wildman–Crippen MR) is 101 cm³/mol. The summed E-state index contributed by atoms with van der Waals surface area (Å²) in [7, 11) is 0. The SMILES string of the molecule is O=C(O)CN1CCN(c2ccc3c(c2)C(=O)C(C2CCC(=O)NC2=O)C3=O)CC1. The van der Waals surface area contributed by atoms with Crippen LogP contribution in [0.3, 0.4) is 0 Å². The molecule has 1 aromatic rings. The van der Waals surface area contributed by atoms with Gasteiger partial charge in [0, 0.05) is 49.4 Å². The fraction of sp³-hybridized carbons (Fsp3) is 0.450. The molecule has 2 fully saturated rings. The summed E-state index contributed by atoms with van der Waals surface area (Å²) in [5.74, 6) is -4.42. The Morgan fingerprint density at radius 2 is 1.72 bits per heavy atom. The van der Waals surface area contributed by atoms with E-state index in [9.17, 15) is 24.0 Å². The third-order valence-electron chi connectivity index (χ3n) is 5.88. The number of aliphatic carboxylic acids is 1. The zero-order chi connectivity index (χ0) is 20.7. The molecular formula is C20H21N3O6. The molecule has 9 heteroatoms. The van der Waals surface area contributed by atoms with Crippen LogP contribution in [0.15, 0.2) is 18.2 Å². The Bertz CT molecular complexity index is 919. The minimum Gasteiger partial charge on any atom is -0.480 e. The van der Waals surface area contributed by atoms with Crippen LogP contribution in [-0.4, -0.2) is 72.1 Å². The number of Topliss-reactive ketones (excluding diaryl/α,β-unsaturated/α-hetero) is 2. The number of anilines is 1. The molecule has 1 aliphatic carbocycles. The molecule has 0 bridgehead atoms. The van der Waals surface area contributed by atoms with Crippen molar-refractivity contribution in [2.75, 3.05) is 37.6 Å². The highest BCUT2D eigenvalue weighted by atomic mass is 16.4. The highest BCUT2D eigenvalue weighted by Crippen LogP contribution is 2.36. The van der Waals surface area contributed by atoms with E-state index >= 15 is 0 Å². The molecule has 0 aromatic heterocycles. The molecule has 0 saturated carbocycles. The number of hydrogen-bond donors (Lipinski definition) is 2. The van der Waals surface area contributed by atoms with Crippen molar-refractivity contribution in [2.24, 2.45) is 11.8 Å². The first-order chi connectivity index (χ1) is 13.8. The molecule has 2 atom stereocenters. The molecular weight excluding hydrogens is 378 g/mol. The molecule has 2 heterocycles. The van der Waals surface area contributed by atoms with Gasteiger partial charge in [0.25, 0.3) is 0 Å². The number of carbonyl (C=O) groups is 5. The van der Waals surface area contributed by atoms with Gasteiger partial charge in [-0.25, -0.2) is 0 Å². The summed E-state index contributed by atoms with van der Waals surface area (Å²) in [4.78, 5) is 64.1. The average Bonchev–Trinajstić information content (AvgIpc) is 2.92. The molecule has 4 rings (SSSR count). The van der Waals surface area contributed by atoms with Gasteiger partial charge < -0.3 is 10.0 Å². The molecule has 2 aliphatic heterocycles. The Balaban J connectivity index is 1.51. The lowest BCUT2D eigenvalue weighted by Gasteiger charge is -2.35. The monoisotopic (exact) mass is 399 g/mol. The fourth-order valence-electron chi connectivity index (χ4n) is 4.35. The summed E-state index contributed by atoms with van der Waals surface area (Å²) in [6.07, 6.45) is 0.314. The summed E-state index contributed by atoms with van der Waals surface area (Å²) in [6.45, 7) is 2.42. The lowest BCUT2D eigenvalue weighted by atomic mass is 9.82. The van der Waals surface area contributed by atoms with Crippen LogP contribution in [0.2, 0.25) is 0 Å². The maximum Gasteiger partial charge on any atom is 0.317 e. The first kappa shape index (κ1) is 19.3. The van der Waals surface area contributed by atoms with Crippen LogP contribution in [0, 0.1) is 11.8 Å². The highest BCUT2D eigenvalue weighted by molar-refractivity contribution is 6.28. The normalized spacial score (nSPS) is 25.2. The second kappa shape index (κ2) is 7.40. The molecule has 152 valence electrons. The van der Waals surface area contributed by atoms with Gasteiger partial charge in [0.05, 0.1) is 18.4 Å². The Morgan fingerprint density at radius 3 is 2.38 bits per heavy atom. The van der Waals surface area contributed by atoms with E-state index in [1.165, 1.54) is 0 Å². The third-order valence-corrected chi connectivity index (χ3v) is 5.88. The number of piperidine rings is 1. The van der Waals surface area contributed by atoms with Crippen LogP contribution in [0.25, 0.3) is 0 Å². The first-order valence-electron chi connectivity index (χ1n) is 9.60. The number of carboxylic acid groups (broad SMARTS) is 1. The van der Waals surface area contributed by atoms with Crippen LogP contribution < -0.4 is 10.2 Å². The van der Waals surface area contributed by atoms with Crippen LogP contribution in [0.4, 0.5) is 5.69 Å². The lowest BCUT2D eigenvalue weighted by molar-refractivity contribution is -0.139. The predicted octanol–water partition coefficient (Wildman–Crippen LogP) is -0.0588. The third kappa shape index (κ3) is 3.53. The van der Waals surface area contributed by atoms with Gasteiger partial charge in [-0.1, -0.05) is 0 Å². The van der Waals surface area contributed by atoms with E-state index in [-0.39, 0.29) is 36.9 Å². The average molecular weight is 399 g/mol. The van der Waals surface area contributed by atoms with Crippen LogP contribution in [0.1, 0.15) is 33.6 Å². The summed E-state index contributed by atoms with van der Waals surface area (Å²) in [6, 6.07) is 5.10. The zero-order valence-corrected chi connectivity index (χ0v) is 15.7. The number of benzene rings is 1. The van der Waals surface area contributed by atoms with E-state index < -0.39 is 23.7 Å². The van der Waals surface area contributed by atoms with Crippen LogP contribution in [-0.2, 0) is 14.4 Å². The van der Waals surface area contributed by atoms with Crippen molar-refractivity contribution in [2.45, 2.75) is 12.8 Å². The van der Waals surface area contributed by atoms with Crippen LogP contribution >= 0.6 is 0 Å². The number of hydrogen-bond acceptors (Lipinski definition) is 7. The maximum absolute atomic E-state index is 13.0. The Labute approximate surface area is 166 Å². The van der Waals surface area contributed by atoms with Crippen molar-refractivity contribution in [3.8, 4) is 0 Å². The molecule has 0 spiro atoms. The summed E-state index contributed by atoms with van der Waals surface area (Å²) >= 11 is 0. The second-order valence-electron chi connectivity index (χ2n) is 7.65. The van der Waals surface area contributed by atoms with Crippen LogP contribution in [0.5, 0.6) is 0 Å². The molecule has 2 N–H and O–H groups in total. The number of carbonyl (C=O) groups excluding carboxylic acids is 4. The number of imide groups is 1. The Morgan fingerprint density at radius 1 is 1.03 bits per heavy atom. The minimum atomic E-state index is -1.07. The van der Waals surface area contributed by atoms with Crippen molar-refractivity contribution >= 4 is 35.0 Å². The zero-order valence-electron chi connectivity index (χ0n) is 15.7. The molecule has 3 aliphatic rings. The van der Waals surface area contributed by atoms with E-state index in [0.717, 1.165) is 5.69 Å². The largest absolute Gasteiger partial charge is 0.480 e. The second-order valence-corrected chi connectivity index (χ2v) is 7.65. The van der Waals surface area contributed by atoms with Gasteiger partial charge in [0.1, 0.15) is 0 Å². The van der Waals surface area contributed by atoms with E-state index in [1.807, 2.05) is 4.90 Å². The van der Waals surface area contributed by atoms with E-state index in [4.69, 9.17) is 5.11 Å². The van der Waals surface area contributed by atoms with Gasteiger partial charge in [-0.2, -0.15) is 0 Å². The molecule has 2 amide bonds. The van der Waals surface area contributed by atoms with Gasteiger partial charge in [-0.05, 0) is 24.6 Å². The number of ketones is 2. The minimum absolute atomic E-state index is 0.00134. The molecule has 2 unspecified atom stereocenters. The number of amides is 2. The van der Waals surface area contributed by atoms with Crippen molar-refractivity contribution in [1.82, 2.24) is 10.2 Å². The molecule has 9 nitrogen and oxygen atoms in total. The van der Waals surface area contributed by atoms with Crippen molar-refractivity contribution in [1.29, 1.82) is 0 Å². The molecule has 1 aromatic carbocycles. The number of nitrogens with one attached hydrogen (secondary N) is 1. The number of rotatable bonds is 4. The Kier molecular flexibility index (Phi) is 4.91.